The fourth-order valence-electron chi connectivity index (χ4n) is 6.74. The molecule has 0 unspecified atom stereocenters. The van der Waals surface area contributed by atoms with Gasteiger partial charge in [-0.3, -0.25) is 0 Å². The maximum atomic E-state index is 4.47. The van der Waals surface area contributed by atoms with Gasteiger partial charge in [-0.05, 0) is 94.1 Å². The SMILES string of the molecule is C=C(/C=C\C(=C)N(c1ccccc1)c1ccc(-c2ccccc2)cc1)c1ccc(-c2ccc3c(c2)c2ccccc2n3-c2ccccc2)cc1. The number of allylic oxidation sites excluding steroid dienone is 3. The van der Waals surface area contributed by atoms with Crippen LogP contribution in [0.15, 0.2) is 213 Å². The molecule has 0 spiro atoms. The zero-order valence-corrected chi connectivity index (χ0v) is 27.8. The first kappa shape index (κ1) is 30.7. The number of para-hydroxylation sites is 3. The van der Waals surface area contributed by atoms with E-state index in [1.165, 1.54) is 44.1 Å². The standard InChI is InChI=1S/C48H36N2/c1-35(22-23-36(2)49(42-16-8-4-9-17-42)44-31-28-39(29-32-44)38-14-6-3-7-15-38)37-24-26-40(27-25-37)41-30-33-48-46(34-41)45-20-12-13-21-47(45)50(48)43-18-10-5-11-19-43/h3-34H,1-2H2/b23-22-. The van der Waals surface area contributed by atoms with Crippen molar-refractivity contribution >= 4 is 38.8 Å². The van der Waals surface area contributed by atoms with E-state index in [0.29, 0.717) is 0 Å². The second-order valence-corrected chi connectivity index (χ2v) is 12.4. The van der Waals surface area contributed by atoms with Crippen LogP contribution in [-0.2, 0) is 0 Å². The molecule has 0 saturated carbocycles. The molecule has 238 valence electrons. The summed E-state index contributed by atoms with van der Waals surface area (Å²) in [4.78, 5) is 2.17. The van der Waals surface area contributed by atoms with Crippen molar-refractivity contribution < 1.29 is 0 Å². The Morgan fingerprint density at radius 2 is 0.960 bits per heavy atom. The van der Waals surface area contributed by atoms with Gasteiger partial charge in [0.05, 0.1) is 11.0 Å². The van der Waals surface area contributed by atoms with Gasteiger partial charge in [0.2, 0.25) is 0 Å². The van der Waals surface area contributed by atoms with Crippen LogP contribution in [0.1, 0.15) is 5.56 Å². The Bertz CT molecular complexity index is 2470. The molecule has 0 aliphatic carbocycles. The highest BCUT2D eigenvalue weighted by Crippen LogP contribution is 2.36. The second-order valence-electron chi connectivity index (χ2n) is 12.4. The van der Waals surface area contributed by atoms with E-state index < -0.39 is 0 Å². The van der Waals surface area contributed by atoms with Gasteiger partial charge in [-0.15, -0.1) is 0 Å². The van der Waals surface area contributed by atoms with Gasteiger partial charge in [0, 0.05) is 33.5 Å². The molecule has 8 aromatic rings. The van der Waals surface area contributed by atoms with Crippen LogP contribution in [0, 0.1) is 0 Å². The number of hydrogen-bond acceptors (Lipinski definition) is 1. The van der Waals surface area contributed by atoms with Gasteiger partial charge in [-0.2, -0.15) is 0 Å². The largest absolute Gasteiger partial charge is 0.311 e. The van der Waals surface area contributed by atoms with E-state index in [1.807, 2.05) is 18.2 Å². The highest BCUT2D eigenvalue weighted by molar-refractivity contribution is 6.10. The molecule has 1 heterocycles. The summed E-state index contributed by atoms with van der Waals surface area (Å²) in [5.74, 6) is 0. The van der Waals surface area contributed by atoms with E-state index in [2.05, 4.69) is 199 Å². The number of rotatable bonds is 9. The van der Waals surface area contributed by atoms with Crippen LogP contribution in [0.4, 0.5) is 11.4 Å². The van der Waals surface area contributed by atoms with E-state index in [9.17, 15) is 0 Å². The number of nitrogens with zero attached hydrogens (tertiary/aromatic N) is 2. The highest BCUT2D eigenvalue weighted by Gasteiger charge is 2.14. The summed E-state index contributed by atoms with van der Waals surface area (Å²) in [6.45, 7) is 8.88. The van der Waals surface area contributed by atoms with Crippen molar-refractivity contribution in [1.82, 2.24) is 4.57 Å². The minimum atomic E-state index is 0.851. The Labute approximate surface area is 293 Å². The number of benzene rings is 7. The average Bonchev–Trinajstić information content (AvgIpc) is 3.52. The average molecular weight is 641 g/mol. The topological polar surface area (TPSA) is 8.17 Å². The van der Waals surface area contributed by atoms with Gasteiger partial charge in [0.25, 0.3) is 0 Å². The molecule has 0 radical (unpaired) electrons. The van der Waals surface area contributed by atoms with Crippen LogP contribution in [0.5, 0.6) is 0 Å². The van der Waals surface area contributed by atoms with Crippen molar-refractivity contribution in [3.05, 3.63) is 219 Å². The van der Waals surface area contributed by atoms with Crippen LogP contribution < -0.4 is 4.90 Å². The lowest BCUT2D eigenvalue weighted by Gasteiger charge is -2.26. The van der Waals surface area contributed by atoms with Crippen molar-refractivity contribution in [2.75, 3.05) is 4.90 Å². The smallest absolute Gasteiger partial charge is 0.0541 e. The van der Waals surface area contributed by atoms with Crippen molar-refractivity contribution in [2.45, 2.75) is 0 Å². The van der Waals surface area contributed by atoms with Gasteiger partial charge in [0.15, 0.2) is 0 Å². The molecule has 7 aromatic carbocycles. The van der Waals surface area contributed by atoms with Gasteiger partial charge in [-0.1, -0.05) is 147 Å². The van der Waals surface area contributed by atoms with Crippen LogP contribution in [0.2, 0.25) is 0 Å². The number of fused-ring (bicyclic) bond motifs is 3. The van der Waals surface area contributed by atoms with Gasteiger partial charge >= 0.3 is 0 Å². The summed E-state index contributed by atoms with van der Waals surface area (Å²) in [6, 6.07) is 64.1. The third-order valence-corrected chi connectivity index (χ3v) is 9.29. The molecule has 50 heavy (non-hydrogen) atoms. The van der Waals surface area contributed by atoms with E-state index in [0.717, 1.165) is 33.9 Å². The van der Waals surface area contributed by atoms with Crippen LogP contribution >= 0.6 is 0 Å². The summed E-state index contributed by atoms with van der Waals surface area (Å²) in [6.07, 6.45) is 4.10. The van der Waals surface area contributed by atoms with E-state index in [4.69, 9.17) is 0 Å². The Balaban J connectivity index is 1.04. The molecule has 1 aromatic heterocycles. The minimum absolute atomic E-state index is 0.851. The van der Waals surface area contributed by atoms with Crippen molar-refractivity contribution in [3.63, 3.8) is 0 Å². The molecule has 0 bridgehead atoms. The lowest BCUT2D eigenvalue weighted by atomic mass is 9.99. The zero-order chi connectivity index (χ0) is 33.9. The Morgan fingerprint density at radius 3 is 1.68 bits per heavy atom. The Hall–Kier alpha value is -6.64. The summed E-state index contributed by atoms with van der Waals surface area (Å²) >= 11 is 0. The van der Waals surface area contributed by atoms with Crippen LogP contribution in [-0.4, -0.2) is 4.57 Å². The van der Waals surface area contributed by atoms with Crippen molar-refractivity contribution in [3.8, 4) is 27.9 Å². The second kappa shape index (κ2) is 13.5. The molecule has 0 N–H and O–H groups in total. The van der Waals surface area contributed by atoms with E-state index >= 15 is 0 Å². The Kier molecular flexibility index (Phi) is 8.26. The van der Waals surface area contributed by atoms with E-state index in [1.54, 1.807) is 0 Å². The zero-order valence-electron chi connectivity index (χ0n) is 27.8. The molecule has 0 fully saturated rings. The normalized spacial score (nSPS) is 11.3. The highest BCUT2D eigenvalue weighted by atomic mass is 15.1. The summed E-state index contributed by atoms with van der Waals surface area (Å²) in [5, 5.41) is 2.50. The molecule has 0 amide bonds. The molecule has 0 atom stereocenters. The van der Waals surface area contributed by atoms with Gasteiger partial charge < -0.3 is 9.47 Å². The van der Waals surface area contributed by atoms with Gasteiger partial charge in [0.1, 0.15) is 0 Å². The minimum Gasteiger partial charge on any atom is -0.311 e. The fourth-order valence-corrected chi connectivity index (χ4v) is 6.74. The van der Waals surface area contributed by atoms with E-state index in [-0.39, 0.29) is 0 Å². The molecule has 0 aliphatic rings. The molecule has 0 aliphatic heterocycles. The first-order valence-electron chi connectivity index (χ1n) is 16.9. The Morgan fingerprint density at radius 1 is 0.440 bits per heavy atom. The molecule has 0 saturated heterocycles. The summed E-state index contributed by atoms with van der Waals surface area (Å²) in [5.41, 5.74) is 13.2. The first-order chi connectivity index (χ1) is 24.6. The number of aromatic nitrogens is 1. The number of anilines is 2. The third-order valence-electron chi connectivity index (χ3n) is 9.29. The van der Waals surface area contributed by atoms with Crippen LogP contribution in [0.3, 0.4) is 0 Å². The van der Waals surface area contributed by atoms with Crippen LogP contribution in [0.25, 0.3) is 55.3 Å². The maximum absolute atomic E-state index is 4.47. The molecule has 2 nitrogen and oxygen atoms in total. The third kappa shape index (κ3) is 5.96. The molecular formula is C48H36N2. The molecule has 2 heteroatoms. The predicted molar refractivity (Wildman–Crippen MR) is 214 cm³/mol. The monoisotopic (exact) mass is 640 g/mol. The quantitative estimate of drug-likeness (QED) is 0.143. The molecule has 8 rings (SSSR count). The lowest BCUT2D eigenvalue weighted by molar-refractivity contribution is 1.18. The van der Waals surface area contributed by atoms with Gasteiger partial charge in [-0.25, -0.2) is 0 Å². The van der Waals surface area contributed by atoms with Crippen molar-refractivity contribution in [1.29, 1.82) is 0 Å². The molecular weight excluding hydrogens is 605 g/mol. The maximum Gasteiger partial charge on any atom is 0.0541 e. The predicted octanol–water partition coefficient (Wildman–Crippen LogP) is 13.0. The first-order valence-corrected chi connectivity index (χ1v) is 16.9. The lowest BCUT2D eigenvalue weighted by Crippen LogP contribution is -2.14. The van der Waals surface area contributed by atoms with Crippen molar-refractivity contribution in [2.24, 2.45) is 0 Å². The summed E-state index contributed by atoms with van der Waals surface area (Å²) < 4.78 is 2.35. The summed E-state index contributed by atoms with van der Waals surface area (Å²) in [7, 11) is 0. The fraction of sp³-hybridized carbons (Fsp3) is 0. The number of hydrogen-bond donors (Lipinski definition) is 0.